The van der Waals surface area contributed by atoms with E-state index >= 15 is 0 Å². The molecule has 0 amide bonds. The van der Waals surface area contributed by atoms with Crippen molar-refractivity contribution in [1.82, 2.24) is 0 Å². The molecule has 4 heteroatoms. The molecule has 0 atom stereocenters. The monoisotopic (exact) mass is 458 g/mol. The van der Waals surface area contributed by atoms with E-state index in [0.29, 0.717) is 0 Å². The molecular weight excluding hydrogens is 438 g/mol. The second-order valence-electron chi connectivity index (χ2n) is 5.90. The van der Waals surface area contributed by atoms with Crippen molar-refractivity contribution in [3.05, 3.63) is 68.7 Å². The SMILES string of the molecule is Cc1c(C)c(C)[c-](C)c1C.Cc1cc2c(Cl)cccc2[cH-]1.[Cl-].[Cl-].[Zr+4]. The van der Waals surface area contributed by atoms with Crippen LogP contribution in [0, 0.1) is 41.5 Å². The Bertz CT molecular complexity index is 702. The summed E-state index contributed by atoms with van der Waals surface area (Å²) >= 11 is 5.97. The van der Waals surface area contributed by atoms with E-state index in [1.165, 1.54) is 38.8 Å². The van der Waals surface area contributed by atoms with E-state index in [-0.39, 0.29) is 51.0 Å². The molecule has 0 unspecified atom stereocenters. The van der Waals surface area contributed by atoms with Gasteiger partial charge in [0.15, 0.2) is 0 Å². The van der Waals surface area contributed by atoms with E-state index in [1.54, 1.807) is 0 Å². The summed E-state index contributed by atoms with van der Waals surface area (Å²) in [4.78, 5) is 0. The summed E-state index contributed by atoms with van der Waals surface area (Å²) in [6.45, 7) is 13.1. The van der Waals surface area contributed by atoms with Gasteiger partial charge >= 0.3 is 26.2 Å². The number of fused-ring (bicyclic) bond motifs is 1. The average Bonchev–Trinajstić information content (AvgIpc) is 2.91. The summed E-state index contributed by atoms with van der Waals surface area (Å²) in [7, 11) is 0. The number of hydrogen-bond acceptors (Lipinski definition) is 0. The number of aryl methyl sites for hydroxylation is 1. The molecule has 0 fully saturated rings. The van der Waals surface area contributed by atoms with Crippen LogP contribution in [0.3, 0.4) is 0 Å². The summed E-state index contributed by atoms with van der Waals surface area (Å²) in [6.07, 6.45) is 0. The molecule has 3 aromatic carbocycles. The molecule has 0 nitrogen and oxygen atoms in total. The molecule has 3 rings (SSSR count). The van der Waals surface area contributed by atoms with Crippen LogP contribution in [0.5, 0.6) is 0 Å². The maximum Gasteiger partial charge on any atom is 4.00 e. The zero-order chi connectivity index (χ0) is 15.7. The van der Waals surface area contributed by atoms with E-state index in [2.05, 4.69) is 59.7 Å². The van der Waals surface area contributed by atoms with Crippen molar-refractivity contribution in [1.29, 1.82) is 0 Å². The van der Waals surface area contributed by atoms with Crippen molar-refractivity contribution in [3.8, 4) is 0 Å². The first-order chi connectivity index (χ1) is 9.82. The molecule has 0 radical (unpaired) electrons. The van der Waals surface area contributed by atoms with Crippen LogP contribution in [0.4, 0.5) is 0 Å². The first-order valence-electron chi connectivity index (χ1n) is 7.34. The minimum Gasteiger partial charge on any atom is -1.00 e. The van der Waals surface area contributed by atoms with Gasteiger partial charge in [0.1, 0.15) is 0 Å². The van der Waals surface area contributed by atoms with Gasteiger partial charge in [-0.05, 0) is 5.02 Å². The molecule has 0 aromatic heterocycles. The average molecular weight is 461 g/mol. The molecule has 128 valence electrons. The fraction of sp³-hybridized carbons (Fsp3) is 0.300. The topological polar surface area (TPSA) is 0 Å². The fourth-order valence-electron chi connectivity index (χ4n) is 2.75. The Labute approximate surface area is 182 Å². The first kappa shape index (κ1) is 26.2. The Morgan fingerprint density at radius 3 is 1.79 bits per heavy atom. The largest absolute Gasteiger partial charge is 4.00 e. The Kier molecular flexibility index (Phi) is 11.8. The quantitative estimate of drug-likeness (QED) is 0.428. The summed E-state index contributed by atoms with van der Waals surface area (Å²) < 4.78 is 0. The molecule has 0 aliphatic rings. The zero-order valence-corrected chi connectivity index (χ0v) is 19.7. The number of halogens is 3. The van der Waals surface area contributed by atoms with Gasteiger partial charge in [0.05, 0.1) is 0 Å². The van der Waals surface area contributed by atoms with Gasteiger partial charge in [-0.15, -0.1) is 34.5 Å². The maximum absolute atomic E-state index is 5.97. The van der Waals surface area contributed by atoms with Crippen molar-refractivity contribution >= 4 is 22.4 Å². The van der Waals surface area contributed by atoms with Gasteiger partial charge in [0.25, 0.3) is 0 Å². The van der Waals surface area contributed by atoms with Gasteiger partial charge in [-0.2, -0.15) is 33.9 Å². The normalized spacial score (nSPS) is 9.29. The van der Waals surface area contributed by atoms with E-state index < -0.39 is 0 Å². The maximum atomic E-state index is 5.97. The third-order valence-electron chi connectivity index (χ3n) is 4.65. The van der Waals surface area contributed by atoms with E-state index in [4.69, 9.17) is 11.6 Å². The number of hydrogen-bond donors (Lipinski definition) is 0. The molecule has 24 heavy (non-hydrogen) atoms. The van der Waals surface area contributed by atoms with Crippen molar-refractivity contribution in [2.45, 2.75) is 41.5 Å². The molecule has 0 saturated heterocycles. The molecule has 0 aliphatic heterocycles. The van der Waals surface area contributed by atoms with Crippen LogP contribution in [0.2, 0.25) is 5.02 Å². The molecule has 0 saturated carbocycles. The molecule has 0 heterocycles. The molecular formula is C20H23Cl3Zr. The van der Waals surface area contributed by atoms with Gasteiger partial charge < -0.3 is 24.8 Å². The van der Waals surface area contributed by atoms with Crippen molar-refractivity contribution in [3.63, 3.8) is 0 Å². The minimum absolute atomic E-state index is 0. The van der Waals surface area contributed by atoms with Crippen molar-refractivity contribution < 1.29 is 51.0 Å². The summed E-state index contributed by atoms with van der Waals surface area (Å²) in [5.74, 6) is 0. The van der Waals surface area contributed by atoms with Crippen LogP contribution >= 0.6 is 11.6 Å². The molecule has 0 spiro atoms. The second-order valence-corrected chi connectivity index (χ2v) is 6.31. The Morgan fingerprint density at radius 2 is 1.42 bits per heavy atom. The van der Waals surface area contributed by atoms with Crippen molar-refractivity contribution in [2.75, 3.05) is 0 Å². The first-order valence-corrected chi connectivity index (χ1v) is 7.72. The summed E-state index contributed by atoms with van der Waals surface area (Å²) in [5, 5.41) is 3.23. The molecule has 0 N–H and O–H groups in total. The van der Waals surface area contributed by atoms with Crippen LogP contribution in [-0.4, -0.2) is 0 Å². The minimum atomic E-state index is 0. The Hall–Kier alpha value is -0.0669. The van der Waals surface area contributed by atoms with Crippen LogP contribution < -0.4 is 24.8 Å². The van der Waals surface area contributed by atoms with E-state index in [9.17, 15) is 0 Å². The van der Waals surface area contributed by atoms with Crippen LogP contribution in [0.25, 0.3) is 10.8 Å². The third-order valence-corrected chi connectivity index (χ3v) is 4.98. The number of rotatable bonds is 0. The Morgan fingerprint density at radius 1 is 0.917 bits per heavy atom. The standard InChI is InChI=1S/C10H8Cl.C10H15.2ClH.Zr/c1-7-5-8-3-2-4-10(11)9(8)6-7;1-6-7(2)9(4)10(5)8(6)3;;;/h2-6H,1H3;1-5H3;2*1H;/q2*-1;;;+4/p-2. The van der Waals surface area contributed by atoms with E-state index in [1.807, 2.05) is 12.1 Å². The van der Waals surface area contributed by atoms with Gasteiger partial charge in [-0.3, -0.25) is 0 Å². The van der Waals surface area contributed by atoms with Crippen LogP contribution in [0.15, 0.2) is 30.3 Å². The fourth-order valence-corrected chi connectivity index (χ4v) is 2.99. The van der Waals surface area contributed by atoms with Gasteiger partial charge in [0.2, 0.25) is 0 Å². The van der Waals surface area contributed by atoms with E-state index in [0.717, 1.165) is 10.4 Å². The Balaban J connectivity index is 0. The van der Waals surface area contributed by atoms with Crippen LogP contribution in [0.1, 0.15) is 33.4 Å². The van der Waals surface area contributed by atoms with Gasteiger partial charge in [0, 0.05) is 0 Å². The summed E-state index contributed by atoms with van der Waals surface area (Å²) in [5.41, 5.74) is 8.61. The van der Waals surface area contributed by atoms with Gasteiger partial charge in [-0.25, -0.2) is 0 Å². The molecule has 0 aliphatic carbocycles. The van der Waals surface area contributed by atoms with Crippen LogP contribution in [-0.2, 0) is 26.2 Å². The predicted octanol–water partition coefficient (Wildman–Crippen LogP) is 0.474. The second kappa shape index (κ2) is 10.8. The zero-order valence-electron chi connectivity index (χ0n) is 15.0. The van der Waals surface area contributed by atoms with Crippen molar-refractivity contribution in [2.24, 2.45) is 0 Å². The predicted molar refractivity (Wildman–Crippen MR) is 95.0 cm³/mol. The molecule has 0 bridgehead atoms. The third kappa shape index (κ3) is 5.47. The summed E-state index contributed by atoms with van der Waals surface area (Å²) in [6, 6.07) is 10.2. The molecule has 3 aromatic rings. The van der Waals surface area contributed by atoms with Gasteiger partial charge in [-0.1, -0.05) is 59.2 Å². The number of benzene rings is 1. The smallest absolute Gasteiger partial charge is 1.00 e.